The minimum atomic E-state index is -0.350. The largest absolute Gasteiger partial charge is 0.348 e. The third-order valence-corrected chi connectivity index (χ3v) is 2.94. The molecule has 3 aromatic rings. The van der Waals surface area contributed by atoms with E-state index in [1.54, 1.807) is 35.7 Å². The highest BCUT2D eigenvalue weighted by atomic mass is 16.5. The molecule has 1 N–H and O–H groups in total. The van der Waals surface area contributed by atoms with E-state index in [0.717, 1.165) is 5.56 Å². The maximum absolute atomic E-state index is 11.3. The van der Waals surface area contributed by atoms with Gasteiger partial charge in [-0.05, 0) is 19.1 Å². The molecule has 1 amide bonds. The zero-order valence-electron chi connectivity index (χ0n) is 11.6. The van der Waals surface area contributed by atoms with Gasteiger partial charge in [-0.25, -0.2) is 0 Å². The molecule has 0 unspecified atom stereocenters. The normalized spacial score (nSPS) is 10.5. The van der Waals surface area contributed by atoms with Crippen LogP contribution in [0.25, 0.3) is 17.1 Å². The predicted octanol–water partition coefficient (Wildman–Crippen LogP) is 0.618. The fourth-order valence-corrected chi connectivity index (χ4v) is 1.92. The third kappa shape index (κ3) is 2.62. The van der Waals surface area contributed by atoms with Gasteiger partial charge in [-0.15, -0.1) is 10.2 Å². The monoisotopic (exact) mass is 297 g/mol. The van der Waals surface area contributed by atoms with Crippen molar-refractivity contribution in [2.75, 3.05) is 0 Å². The first-order chi connectivity index (χ1) is 10.7. The van der Waals surface area contributed by atoms with Crippen molar-refractivity contribution >= 4 is 11.6 Å². The molecule has 0 spiro atoms. The number of fused-ring (bicyclic) bond motifs is 1. The molecular formula is C13H11N7O2. The molecule has 3 rings (SSSR count). The maximum Gasteiger partial charge on any atom is 0.258 e. The SMILES string of the molecule is Cc1noc(-c2ccn3c(CNC(=O)CC#N)nnc3c2)n1. The van der Waals surface area contributed by atoms with E-state index in [-0.39, 0.29) is 18.9 Å². The van der Waals surface area contributed by atoms with Crippen LogP contribution >= 0.6 is 0 Å². The molecule has 0 bridgehead atoms. The molecule has 3 heterocycles. The van der Waals surface area contributed by atoms with Gasteiger partial charge in [-0.2, -0.15) is 10.2 Å². The number of rotatable bonds is 4. The lowest BCUT2D eigenvalue weighted by molar-refractivity contribution is -0.120. The molecule has 0 fully saturated rings. The highest BCUT2D eigenvalue weighted by Crippen LogP contribution is 2.18. The lowest BCUT2D eigenvalue weighted by atomic mass is 10.2. The molecule has 9 heteroatoms. The van der Waals surface area contributed by atoms with Crippen LogP contribution in [0.5, 0.6) is 0 Å². The Kier molecular flexibility index (Phi) is 3.49. The summed E-state index contributed by atoms with van der Waals surface area (Å²) in [4.78, 5) is 15.4. The molecule has 110 valence electrons. The Morgan fingerprint density at radius 1 is 1.50 bits per heavy atom. The Labute approximate surface area is 124 Å². The second-order valence-electron chi connectivity index (χ2n) is 4.52. The van der Waals surface area contributed by atoms with E-state index >= 15 is 0 Å². The number of carbonyl (C=O) groups excluding carboxylic acids is 1. The Balaban J connectivity index is 1.84. The van der Waals surface area contributed by atoms with Crippen LogP contribution < -0.4 is 5.32 Å². The molecule has 0 radical (unpaired) electrons. The van der Waals surface area contributed by atoms with Crippen LogP contribution in [0, 0.1) is 18.3 Å². The van der Waals surface area contributed by atoms with Gasteiger partial charge in [0.25, 0.3) is 5.89 Å². The van der Waals surface area contributed by atoms with Crippen molar-refractivity contribution in [1.82, 2.24) is 30.1 Å². The van der Waals surface area contributed by atoms with Crippen molar-refractivity contribution in [3.63, 3.8) is 0 Å². The number of amides is 1. The minimum Gasteiger partial charge on any atom is -0.348 e. The second kappa shape index (κ2) is 5.61. The summed E-state index contributed by atoms with van der Waals surface area (Å²) in [7, 11) is 0. The van der Waals surface area contributed by atoms with Crippen LogP contribution in [0.4, 0.5) is 0 Å². The molecule has 0 aliphatic carbocycles. The molecule has 22 heavy (non-hydrogen) atoms. The van der Waals surface area contributed by atoms with Crippen molar-refractivity contribution in [3.05, 3.63) is 30.0 Å². The molecule has 0 aromatic carbocycles. The van der Waals surface area contributed by atoms with E-state index in [1.807, 2.05) is 0 Å². The lowest BCUT2D eigenvalue weighted by Gasteiger charge is -2.02. The number of hydrogen-bond acceptors (Lipinski definition) is 7. The summed E-state index contributed by atoms with van der Waals surface area (Å²) in [5.74, 6) is 1.18. The van der Waals surface area contributed by atoms with Crippen LogP contribution in [0.15, 0.2) is 22.9 Å². The van der Waals surface area contributed by atoms with Gasteiger partial charge in [0, 0.05) is 11.8 Å². The minimum absolute atomic E-state index is 0.183. The molecule has 0 saturated carbocycles. The summed E-state index contributed by atoms with van der Waals surface area (Å²) >= 11 is 0. The van der Waals surface area contributed by atoms with Crippen LogP contribution in [0.2, 0.25) is 0 Å². The van der Waals surface area contributed by atoms with Crippen molar-refractivity contribution in [2.45, 2.75) is 19.9 Å². The average Bonchev–Trinajstić information content (AvgIpc) is 3.11. The van der Waals surface area contributed by atoms with Crippen molar-refractivity contribution in [3.8, 4) is 17.5 Å². The van der Waals surface area contributed by atoms with Gasteiger partial charge in [0.05, 0.1) is 12.6 Å². The Hall–Kier alpha value is -3.28. The van der Waals surface area contributed by atoms with Gasteiger partial charge in [-0.1, -0.05) is 5.16 Å². The van der Waals surface area contributed by atoms with Crippen LogP contribution in [0.3, 0.4) is 0 Å². The van der Waals surface area contributed by atoms with E-state index in [9.17, 15) is 4.79 Å². The maximum atomic E-state index is 11.3. The molecule has 0 atom stereocenters. The summed E-state index contributed by atoms with van der Waals surface area (Å²) in [5, 5.41) is 22.8. The number of nitrogens with one attached hydrogen (secondary N) is 1. The molecule has 3 aromatic heterocycles. The zero-order valence-corrected chi connectivity index (χ0v) is 11.6. The molecule has 0 aliphatic rings. The summed E-state index contributed by atoms with van der Waals surface area (Å²) in [6.07, 6.45) is 1.58. The van der Waals surface area contributed by atoms with Crippen LogP contribution in [-0.2, 0) is 11.3 Å². The number of hydrogen-bond donors (Lipinski definition) is 1. The van der Waals surface area contributed by atoms with Gasteiger partial charge in [0.2, 0.25) is 5.91 Å². The number of carbonyl (C=O) groups is 1. The lowest BCUT2D eigenvalue weighted by Crippen LogP contribution is -2.23. The molecule has 0 saturated heterocycles. The van der Waals surface area contributed by atoms with Gasteiger partial charge < -0.3 is 9.84 Å². The van der Waals surface area contributed by atoms with E-state index in [0.29, 0.717) is 23.2 Å². The number of pyridine rings is 1. The van der Waals surface area contributed by atoms with Crippen molar-refractivity contribution in [1.29, 1.82) is 5.26 Å². The van der Waals surface area contributed by atoms with Crippen molar-refractivity contribution < 1.29 is 9.32 Å². The highest BCUT2D eigenvalue weighted by Gasteiger charge is 2.11. The quantitative estimate of drug-likeness (QED) is 0.748. The highest BCUT2D eigenvalue weighted by molar-refractivity contribution is 5.77. The molecular weight excluding hydrogens is 286 g/mol. The summed E-state index contributed by atoms with van der Waals surface area (Å²) in [6, 6.07) is 5.34. The van der Waals surface area contributed by atoms with Gasteiger partial charge in [-0.3, -0.25) is 9.20 Å². The summed E-state index contributed by atoms with van der Waals surface area (Å²) < 4.78 is 6.84. The van der Waals surface area contributed by atoms with Gasteiger partial charge in [0.1, 0.15) is 6.42 Å². The van der Waals surface area contributed by atoms with E-state index < -0.39 is 0 Å². The second-order valence-corrected chi connectivity index (χ2v) is 4.52. The first-order valence-electron chi connectivity index (χ1n) is 6.45. The topological polar surface area (TPSA) is 122 Å². The smallest absolute Gasteiger partial charge is 0.258 e. The summed E-state index contributed by atoms with van der Waals surface area (Å²) in [5.41, 5.74) is 1.33. The number of nitriles is 1. The first kappa shape index (κ1) is 13.7. The van der Waals surface area contributed by atoms with Crippen molar-refractivity contribution in [2.24, 2.45) is 0 Å². The zero-order chi connectivity index (χ0) is 15.5. The van der Waals surface area contributed by atoms with Gasteiger partial charge >= 0.3 is 0 Å². The van der Waals surface area contributed by atoms with Gasteiger partial charge in [0.15, 0.2) is 17.3 Å². The molecule has 0 aliphatic heterocycles. The first-order valence-corrected chi connectivity index (χ1v) is 6.45. The Morgan fingerprint density at radius 3 is 3.09 bits per heavy atom. The Morgan fingerprint density at radius 2 is 2.36 bits per heavy atom. The number of aromatic nitrogens is 5. The Bertz CT molecular complexity index is 874. The number of aryl methyl sites for hydroxylation is 1. The fraction of sp³-hybridized carbons (Fsp3) is 0.231. The summed E-state index contributed by atoms with van der Waals surface area (Å²) in [6.45, 7) is 1.94. The van der Waals surface area contributed by atoms with E-state index in [2.05, 4.69) is 25.7 Å². The van der Waals surface area contributed by atoms with Crippen LogP contribution in [-0.4, -0.2) is 30.6 Å². The number of nitrogens with zero attached hydrogens (tertiary/aromatic N) is 6. The molecule has 9 nitrogen and oxygen atoms in total. The predicted molar refractivity (Wildman–Crippen MR) is 73.1 cm³/mol. The van der Waals surface area contributed by atoms with E-state index in [1.165, 1.54) is 0 Å². The van der Waals surface area contributed by atoms with Crippen LogP contribution in [0.1, 0.15) is 18.1 Å². The average molecular weight is 297 g/mol. The standard InChI is InChI=1S/C13H11N7O2/c1-8-16-13(22-19-8)9-3-5-20-10(6-9)17-18-11(20)7-15-12(21)2-4-14/h3,5-6H,2,7H2,1H3,(H,15,21). The third-order valence-electron chi connectivity index (χ3n) is 2.94. The van der Waals surface area contributed by atoms with E-state index in [4.69, 9.17) is 9.78 Å². The fourth-order valence-electron chi connectivity index (χ4n) is 1.92.